The number of carbonyl (C=O) groups is 3. The summed E-state index contributed by atoms with van der Waals surface area (Å²) in [7, 11) is 3.37. The molecule has 0 atom stereocenters. The quantitative estimate of drug-likeness (QED) is 0.273. The standard InChI is InChI=1S/C32H32N4O5/c1-35-17-3-4-28(35)32(40)34-25-12-7-22(8-13-25)30(38)21-5-10-24(11-6-21)33-31(39)23-9-14-27(29(20-23)41-2)36-18-15-26(37)16-19-36/h3-14,17,20,26,37H,15-16,18-19H2,1-2H3,(H,33,39)(H,34,40). The van der Waals surface area contributed by atoms with Crippen molar-refractivity contribution in [3.05, 3.63) is 107 Å². The zero-order valence-corrected chi connectivity index (χ0v) is 23.0. The van der Waals surface area contributed by atoms with E-state index in [0.29, 0.717) is 52.4 Å². The molecule has 0 aliphatic carbocycles. The van der Waals surface area contributed by atoms with Gasteiger partial charge >= 0.3 is 0 Å². The Morgan fingerprint density at radius 1 is 0.805 bits per heavy atom. The van der Waals surface area contributed by atoms with Crippen LogP contribution >= 0.6 is 0 Å². The summed E-state index contributed by atoms with van der Waals surface area (Å²) in [5.74, 6) is -0.100. The first-order chi connectivity index (χ1) is 19.8. The van der Waals surface area contributed by atoms with Gasteiger partial charge in [-0.05, 0) is 91.7 Å². The van der Waals surface area contributed by atoms with E-state index in [-0.39, 0.29) is 23.7 Å². The number of rotatable bonds is 8. The van der Waals surface area contributed by atoms with E-state index in [0.717, 1.165) is 18.8 Å². The molecular weight excluding hydrogens is 520 g/mol. The Labute approximate surface area is 238 Å². The first kappa shape index (κ1) is 27.7. The lowest BCUT2D eigenvalue weighted by Crippen LogP contribution is -2.36. The third-order valence-electron chi connectivity index (χ3n) is 7.23. The second-order valence-electron chi connectivity index (χ2n) is 10.0. The van der Waals surface area contributed by atoms with Crippen LogP contribution in [-0.2, 0) is 7.05 Å². The third kappa shape index (κ3) is 6.31. The highest BCUT2D eigenvalue weighted by Crippen LogP contribution is 2.32. The van der Waals surface area contributed by atoms with Gasteiger partial charge in [-0.1, -0.05) is 0 Å². The number of nitrogens with zero attached hydrogens (tertiary/aromatic N) is 2. The van der Waals surface area contributed by atoms with Gasteiger partial charge in [0.2, 0.25) is 0 Å². The Balaban J connectivity index is 1.20. The minimum atomic E-state index is -0.295. The van der Waals surface area contributed by atoms with Gasteiger partial charge in [-0.25, -0.2) is 0 Å². The predicted molar refractivity (Wildman–Crippen MR) is 158 cm³/mol. The van der Waals surface area contributed by atoms with Crippen molar-refractivity contribution in [2.75, 3.05) is 35.7 Å². The molecule has 1 aliphatic heterocycles. The van der Waals surface area contributed by atoms with Gasteiger partial charge in [-0.2, -0.15) is 0 Å². The second-order valence-corrected chi connectivity index (χ2v) is 10.0. The molecule has 1 fully saturated rings. The average molecular weight is 553 g/mol. The first-order valence-electron chi connectivity index (χ1n) is 13.4. The number of methoxy groups -OCH3 is 1. The van der Waals surface area contributed by atoms with Gasteiger partial charge in [0.25, 0.3) is 11.8 Å². The monoisotopic (exact) mass is 552 g/mol. The number of hydrogen-bond acceptors (Lipinski definition) is 6. The number of nitrogens with one attached hydrogen (secondary N) is 2. The number of anilines is 3. The number of piperidine rings is 1. The molecule has 0 radical (unpaired) electrons. The Hall–Kier alpha value is -4.89. The molecular formula is C32H32N4O5. The van der Waals surface area contributed by atoms with Crippen molar-refractivity contribution in [1.29, 1.82) is 0 Å². The zero-order chi connectivity index (χ0) is 28.9. The minimum Gasteiger partial charge on any atom is -0.495 e. The molecule has 9 nitrogen and oxygen atoms in total. The predicted octanol–water partition coefficient (Wildman–Crippen LogP) is 4.73. The normalized spacial score (nSPS) is 13.5. The highest BCUT2D eigenvalue weighted by atomic mass is 16.5. The van der Waals surface area contributed by atoms with Crippen LogP contribution in [0.4, 0.5) is 17.1 Å². The fourth-order valence-corrected chi connectivity index (χ4v) is 4.86. The fraction of sp³-hybridized carbons (Fsp3) is 0.219. The number of benzene rings is 3. The molecule has 0 saturated carbocycles. The van der Waals surface area contributed by atoms with E-state index in [4.69, 9.17) is 4.74 Å². The van der Waals surface area contributed by atoms with E-state index in [1.54, 1.807) is 97.7 Å². The number of hydrogen-bond donors (Lipinski definition) is 3. The molecule has 210 valence electrons. The van der Waals surface area contributed by atoms with Crippen LogP contribution < -0.4 is 20.3 Å². The summed E-state index contributed by atoms with van der Waals surface area (Å²) < 4.78 is 7.29. The van der Waals surface area contributed by atoms with Gasteiger partial charge in [-0.3, -0.25) is 14.4 Å². The highest BCUT2D eigenvalue weighted by Gasteiger charge is 2.21. The molecule has 3 aromatic carbocycles. The number of aromatic nitrogens is 1. The van der Waals surface area contributed by atoms with E-state index in [1.165, 1.54) is 0 Å². The maximum atomic E-state index is 13.0. The van der Waals surface area contributed by atoms with Crippen molar-refractivity contribution >= 4 is 34.7 Å². The van der Waals surface area contributed by atoms with E-state index < -0.39 is 0 Å². The van der Waals surface area contributed by atoms with E-state index >= 15 is 0 Å². The molecule has 1 aliphatic rings. The average Bonchev–Trinajstić information content (AvgIpc) is 3.43. The molecule has 5 rings (SSSR count). The van der Waals surface area contributed by atoms with Crippen LogP contribution in [0.1, 0.15) is 49.6 Å². The number of aliphatic hydroxyl groups is 1. The Kier molecular flexibility index (Phi) is 8.16. The fourth-order valence-electron chi connectivity index (χ4n) is 4.86. The van der Waals surface area contributed by atoms with Crippen LogP contribution in [0.25, 0.3) is 0 Å². The number of carbonyl (C=O) groups excluding carboxylic acids is 3. The molecule has 4 aromatic rings. The molecule has 2 amide bonds. The number of amides is 2. The molecule has 0 spiro atoms. The third-order valence-corrected chi connectivity index (χ3v) is 7.23. The number of aryl methyl sites for hydroxylation is 1. The van der Waals surface area contributed by atoms with Crippen LogP contribution in [-0.4, -0.2) is 53.6 Å². The van der Waals surface area contributed by atoms with Crippen LogP contribution in [0.15, 0.2) is 85.1 Å². The van der Waals surface area contributed by atoms with Crippen LogP contribution in [0, 0.1) is 0 Å². The SMILES string of the molecule is COc1cc(C(=O)Nc2ccc(C(=O)c3ccc(NC(=O)c4cccn4C)cc3)cc2)ccc1N1CCC(O)CC1. The number of aliphatic hydroxyl groups excluding tert-OH is 1. The van der Waals surface area contributed by atoms with E-state index in [1.807, 2.05) is 6.07 Å². The van der Waals surface area contributed by atoms with Gasteiger partial charge in [0, 0.05) is 54.4 Å². The van der Waals surface area contributed by atoms with Crippen molar-refractivity contribution < 1.29 is 24.2 Å². The summed E-state index contributed by atoms with van der Waals surface area (Å²) in [6, 6.07) is 22.3. The molecule has 3 N–H and O–H groups in total. The summed E-state index contributed by atoms with van der Waals surface area (Å²) in [6.45, 7) is 1.45. The lowest BCUT2D eigenvalue weighted by molar-refractivity contribution is 0.101. The molecule has 2 heterocycles. The summed E-state index contributed by atoms with van der Waals surface area (Å²) in [4.78, 5) is 40.5. The summed E-state index contributed by atoms with van der Waals surface area (Å²) >= 11 is 0. The van der Waals surface area contributed by atoms with Crippen molar-refractivity contribution in [1.82, 2.24) is 4.57 Å². The highest BCUT2D eigenvalue weighted by molar-refractivity contribution is 6.10. The van der Waals surface area contributed by atoms with Gasteiger partial charge in [-0.15, -0.1) is 0 Å². The molecule has 0 unspecified atom stereocenters. The second kappa shape index (κ2) is 12.1. The van der Waals surface area contributed by atoms with Crippen molar-refractivity contribution in [2.45, 2.75) is 18.9 Å². The largest absolute Gasteiger partial charge is 0.495 e. The molecule has 1 aromatic heterocycles. The Bertz CT molecular complexity index is 1550. The molecule has 9 heteroatoms. The smallest absolute Gasteiger partial charge is 0.272 e. The van der Waals surface area contributed by atoms with E-state index in [9.17, 15) is 19.5 Å². The maximum absolute atomic E-state index is 13.0. The summed E-state index contributed by atoms with van der Waals surface area (Å²) in [5, 5.41) is 15.5. The van der Waals surface area contributed by atoms with Crippen LogP contribution in [0.2, 0.25) is 0 Å². The summed E-state index contributed by atoms with van der Waals surface area (Å²) in [6.07, 6.45) is 2.92. The van der Waals surface area contributed by atoms with Crippen molar-refractivity contribution in [3.63, 3.8) is 0 Å². The molecule has 41 heavy (non-hydrogen) atoms. The lowest BCUT2D eigenvalue weighted by atomic mass is 10.0. The first-order valence-corrected chi connectivity index (χ1v) is 13.4. The maximum Gasteiger partial charge on any atom is 0.272 e. The minimum absolute atomic E-state index is 0.172. The van der Waals surface area contributed by atoms with Crippen LogP contribution in [0.3, 0.4) is 0 Å². The van der Waals surface area contributed by atoms with Gasteiger partial charge < -0.3 is 29.9 Å². The van der Waals surface area contributed by atoms with Gasteiger partial charge in [0.1, 0.15) is 11.4 Å². The topological polar surface area (TPSA) is 113 Å². The number of ether oxygens (including phenoxy) is 1. The van der Waals surface area contributed by atoms with Gasteiger partial charge in [0.15, 0.2) is 5.78 Å². The number of ketones is 1. The lowest BCUT2D eigenvalue weighted by Gasteiger charge is -2.32. The van der Waals surface area contributed by atoms with Crippen molar-refractivity contribution in [2.24, 2.45) is 7.05 Å². The van der Waals surface area contributed by atoms with E-state index in [2.05, 4.69) is 15.5 Å². The van der Waals surface area contributed by atoms with Crippen molar-refractivity contribution in [3.8, 4) is 5.75 Å². The Morgan fingerprint density at radius 3 is 1.90 bits per heavy atom. The van der Waals surface area contributed by atoms with Gasteiger partial charge in [0.05, 0.1) is 18.9 Å². The molecule has 1 saturated heterocycles. The molecule has 0 bridgehead atoms. The Morgan fingerprint density at radius 2 is 1.37 bits per heavy atom. The summed E-state index contributed by atoms with van der Waals surface area (Å²) in [5.41, 5.74) is 3.97. The zero-order valence-electron chi connectivity index (χ0n) is 23.0. The van der Waals surface area contributed by atoms with Crippen LogP contribution in [0.5, 0.6) is 5.75 Å².